The number of imidazole rings is 1. The highest BCUT2D eigenvalue weighted by Gasteiger charge is 2.28. The van der Waals surface area contributed by atoms with Crippen molar-refractivity contribution in [2.24, 2.45) is 0 Å². The van der Waals surface area contributed by atoms with Gasteiger partial charge in [-0.2, -0.15) is 5.10 Å². The van der Waals surface area contributed by atoms with E-state index in [1.165, 1.54) is 18.1 Å². The highest BCUT2D eigenvalue weighted by Crippen LogP contribution is 2.28. The number of aromatic nitrogens is 5. The topological polar surface area (TPSA) is 92.8 Å². The second kappa shape index (κ2) is 7.99. The van der Waals surface area contributed by atoms with Gasteiger partial charge in [-0.3, -0.25) is 9.89 Å². The number of nitrogens with zero attached hydrogens (tertiary/aromatic N) is 5. The normalized spacial score (nSPS) is 15.4. The molecule has 0 atom stereocenters. The summed E-state index contributed by atoms with van der Waals surface area (Å²) >= 11 is 1.49. The number of H-pyrrole nitrogens is 1. The summed E-state index contributed by atoms with van der Waals surface area (Å²) < 4.78 is 7.93. The predicted octanol–water partition coefficient (Wildman–Crippen LogP) is 2.93. The van der Waals surface area contributed by atoms with Crippen LogP contribution in [0.3, 0.4) is 0 Å². The van der Waals surface area contributed by atoms with Gasteiger partial charge in [-0.05, 0) is 31.9 Å². The molecule has 3 aromatic rings. The van der Waals surface area contributed by atoms with Crippen LogP contribution in [0.5, 0.6) is 0 Å². The monoisotopic (exact) mass is 386 g/mol. The number of nitrogens with one attached hydrogen (secondary N) is 1. The number of piperidine rings is 1. The number of furan rings is 1. The Morgan fingerprint density at radius 2 is 2.19 bits per heavy atom. The van der Waals surface area contributed by atoms with Crippen LogP contribution in [0.1, 0.15) is 47.8 Å². The molecule has 8 nitrogen and oxygen atoms in total. The summed E-state index contributed by atoms with van der Waals surface area (Å²) in [5.74, 6) is 3.26. The molecule has 0 spiro atoms. The average Bonchev–Trinajstić information content (AvgIpc) is 3.47. The summed E-state index contributed by atoms with van der Waals surface area (Å²) in [6.45, 7) is 4.50. The lowest BCUT2D eigenvalue weighted by atomic mass is 9.95. The van der Waals surface area contributed by atoms with E-state index in [0.717, 1.165) is 49.2 Å². The number of amides is 1. The van der Waals surface area contributed by atoms with Gasteiger partial charge in [-0.1, -0.05) is 11.8 Å². The largest absolute Gasteiger partial charge is 0.455 e. The molecule has 3 aromatic heterocycles. The van der Waals surface area contributed by atoms with Crippen LogP contribution in [0.15, 0.2) is 40.4 Å². The van der Waals surface area contributed by atoms with E-state index in [1.807, 2.05) is 23.4 Å². The smallest absolute Gasteiger partial charge is 0.289 e. The van der Waals surface area contributed by atoms with Crippen LogP contribution in [0.25, 0.3) is 0 Å². The second-order valence-electron chi connectivity index (χ2n) is 6.48. The zero-order valence-electron chi connectivity index (χ0n) is 15.2. The molecule has 1 amide bonds. The van der Waals surface area contributed by atoms with Crippen molar-refractivity contribution in [2.75, 3.05) is 13.1 Å². The summed E-state index contributed by atoms with van der Waals surface area (Å²) in [6.07, 6.45) is 7.21. The lowest BCUT2D eigenvalue weighted by Gasteiger charge is -2.31. The van der Waals surface area contributed by atoms with Crippen molar-refractivity contribution in [1.29, 1.82) is 0 Å². The van der Waals surface area contributed by atoms with Crippen molar-refractivity contribution >= 4 is 17.7 Å². The van der Waals surface area contributed by atoms with E-state index >= 15 is 0 Å². The lowest BCUT2D eigenvalue weighted by Crippen LogP contribution is -2.38. The van der Waals surface area contributed by atoms with Gasteiger partial charge in [0.1, 0.15) is 17.9 Å². The van der Waals surface area contributed by atoms with Crippen LogP contribution in [-0.4, -0.2) is 48.6 Å². The standard InChI is InChI=1S/C18H22N6O2S/c1-2-23-10-7-19-16(23)13-5-8-24(9-6-13)17(25)15-4-3-14(26-15)11-27-18-20-12-21-22-18/h3-4,7,10,12-13H,2,5-6,8-9,11H2,1H3,(H,20,21,22). The van der Waals surface area contributed by atoms with E-state index in [1.54, 1.807) is 6.07 Å². The number of carbonyl (C=O) groups excluding carboxylic acids is 1. The van der Waals surface area contributed by atoms with Gasteiger partial charge in [0.25, 0.3) is 5.91 Å². The molecule has 1 saturated heterocycles. The van der Waals surface area contributed by atoms with Gasteiger partial charge in [0.05, 0.1) is 5.75 Å². The molecule has 0 radical (unpaired) electrons. The van der Waals surface area contributed by atoms with Crippen LogP contribution in [0.2, 0.25) is 0 Å². The Balaban J connectivity index is 1.33. The van der Waals surface area contributed by atoms with Crippen molar-refractivity contribution in [3.05, 3.63) is 48.2 Å². The van der Waals surface area contributed by atoms with Crippen molar-refractivity contribution in [2.45, 2.75) is 43.1 Å². The SMILES string of the molecule is CCn1ccnc1C1CCN(C(=O)c2ccc(CSc3ncn[nH]3)o2)CC1. The van der Waals surface area contributed by atoms with Gasteiger partial charge < -0.3 is 13.9 Å². The molecule has 0 bridgehead atoms. The molecule has 0 unspecified atom stereocenters. The fraction of sp³-hybridized carbons (Fsp3) is 0.444. The van der Waals surface area contributed by atoms with Crippen molar-refractivity contribution < 1.29 is 9.21 Å². The molecule has 0 aliphatic carbocycles. The maximum absolute atomic E-state index is 12.7. The second-order valence-corrected chi connectivity index (χ2v) is 7.45. The van der Waals surface area contributed by atoms with Crippen LogP contribution < -0.4 is 0 Å². The quantitative estimate of drug-likeness (QED) is 0.655. The molecular formula is C18H22N6O2S. The average molecular weight is 386 g/mol. The zero-order chi connectivity index (χ0) is 18.6. The summed E-state index contributed by atoms with van der Waals surface area (Å²) in [7, 11) is 0. The van der Waals surface area contributed by atoms with Crippen LogP contribution in [0.4, 0.5) is 0 Å². The van der Waals surface area contributed by atoms with Crippen molar-refractivity contribution in [3.63, 3.8) is 0 Å². The first-order valence-corrected chi connectivity index (χ1v) is 10.1. The molecule has 27 heavy (non-hydrogen) atoms. The minimum absolute atomic E-state index is 0.0387. The molecule has 4 rings (SSSR count). The Morgan fingerprint density at radius 1 is 1.33 bits per heavy atom. The molecule has 9 heteroatoms. The highest BCUT2D eigenvalue weighted by molar-refractivity contribution is 7.98. The molecule has 4 heterocycles. The van der Waals surface area contributed by atoms with E-state index < -0.39 is 0 Å². The number of rotatable bonds is 6. The first-order chi connectivity index (χ1) is 13.2. The summed E-state index contributed by atoms with van der Waals surface area (Å²) in [6, 6.07) is 3.61. The Morgan fingerprint density at radius 3 is 2.93 bits per heavy atom. The Kier molecular flexibility index (Phi) is 5.28. The van der Waals surface area contributed by atoms with Gasteiger partial charge in [0.15, 0.2) is 10.9 Å². The van der Waals surface area contributed by atoms with E-state index in [0.29, 0.717) is 17.4 Å². The zero-order valence-corrected chi connectivity index (χ0v) is 16.0. The first kappa shape index (κ1) is 17.8. The van der Waals surface area contributed by atoms with Gasteiger partial charge in [-0.15, -0.1) is 0 Å². The van der Waals surface area contributed by atoms with Gasteiger partial charge >= 0.3 is 0 Å². The highest BCUT2D eigenvalue weighted by atomic mass is 32.2. The molecule has 1 aliphatic rings. The fourth-order valence-corrected chi connectivity index (χ4v) is 4.09. The van der Waals surface area contributed by atoms with Crippen LogP contribution in [0, 0.1) is 0 Å². The van der Waals surface area contributed by atoms with Gasteiger partial charge in [-0.25, -0.2) is 9.97 Å². The van der Waals surface area contributed by atoms with Crippen molar-refractivity contribution in [3.8, 4) is 0 Å². The Labute approximate surface area is 161 Å². The van der Waals surface area contributed by atoms with E-state index in [2.05, 4.69) is 31.7 Å². The van der Waals surface area contributed by atoms with Gasteiger partial charge in [0, 0.05) is 37.9 Å². The number of thioether (sulfide) groups is 1. The van der Waals surface area contributed by atoms with E-state index in [4.69, 9.17) is 4.42 Å². The predicted molar refractivity (Wildman–Crippen MR) is 100 cm³/mol. The van der Waals surface area contributed by atoms with E-state index in [9.17, 15) is 4.79 Å². The van der Waals surface area contributed by atoms with Gasteiger partial charge in [0.2, 0.25) is 0 Å². The maximum atomic E-state index is 12.7. The minimum atomic E-state index is -0.0387. The number of aryl methyl sites for hydroxylation is 1. The molecule has 0 aromatic carbocycles. The molecule has 1 fully saturated rings. The molecule has 0 saturated carbocycles. The maximum Gasteiger partial charge on any atom is 0.289 e. The Hall–Kier alpha value is -2.55. The Bertz CT molecular complexity index is 879. The third kappa shape index (κ3) is 3.92. The summed E-state index contributed by atoms with van der Waals surface area (Å²) in [5, 5.41) is 7.33. The number of carbonyl (C=O) groups is 1. The van der Waals surface area contributed by atoms with Crippen LogP contribution >= 0.6 is 11.8 Å². The minimum Gasteiger partial charge on any atom is -0.455 e. The number of aromatic amines is 1. The molecular weight excluding hydrogens is 364 g/mol. The third-order valence-electron chi connectivity index (χ3n) is 4.85. The summed E-state index contributed by atoms with van der Waals surface area (Å²) in [5.41, 5.74) is 0. The molecule has 142 valence electrons. The molecule has 1 N–H and O–H groups in total. The first-order valence-electron chi connectivity index (χ1n) is 9.11. The van der Waals surface area contributed by atoms with E-state index in [-0.39, 0.29) is 5.91 Å². The fourth-order valence-electron chi connectivity index (χ4n) is 3.42. The number of hydrogen-bond acceptors (Lipinski definition) is 6. The molecule has 1 aliphatic heterocycles. The number of likely N-dealkylation sites (tertiary alicyclic amines) is 1. The lowest BCUT2D eigenvalue weighted by molar-refractivity contribution is 0.0676. The van der Waals surface area contributed by atoms with Crippen molar-refractivity contribution in [1.82, 2.24) is 29.6 Å². The number of hydrogen-bond donors (Lipinski definition) is 1. The van der Waals surface area contributed by atoms with Crippen LogP contribution in [-0.2, 0) is 12.3 Å². The third-order valence-corrected chi connectivity index (χ3v) is 5.75. The summed E-state index contributed by atoms with van der Waals surface area (Å²) in [4.78, 5) is 23.2.